The van der Waals surface area contributed by atoms with Gasteiger partial charge in [-0.3, -0.25) is 9.59 Å². The zero-order chi connectivity index (χ0) is 20.1. The van der Waals surface area contributed by atoms with E-state index < -0.39 is 6.04 Å². The molecule has 6 nitrogen and oxygen atoms in total. The molecule has 2 aromatic rings. The summed E-state index contributed by atoms with van der Waals surface area (Å²) in [5.41, 5.74) is 2.91. The van der Waals surface area contributed by atoms with Crippen LogP contribution in [0.3, 0.4) is 0 Å². The lowest BCUT2D eigenvalue weighted by atomic mass is 9.90. The maximum atomic E-state index is 13.5. The SMILES string of the molecule is CCc1ccc(N2C(=O)C3C(C2=O)N2CCCN2C3c2ccc(OC)cc2)cc1. The van der Waals surface area contributed by atoms with E-state index in [2.05, 4.69) is 16.9 Å². The molecule has 0 aromatic heterocycles. The fraction of sp³-hybridized carbons (Fsp3) is 0.391. The van der Waals surface area contributed by atoms with Gasteiger partial charge in [0.05, 0.1) is 24.8 Å². The first-order valence-corrected chi connectivity index (χ1v) is 10.3. The molecule has 2 amide bonds. The molecule has 150 valence electrons. The largest absolute Gasteiger partial charge is 0.497 e. The summed E-state index contributed by atoms with van der Waals surface area (Å²) < 4.78 is 5.28. The maximum absolute atomic E-state index is 13.5. The molecule has 0 spiro atoms. The van der Waals surface area contributed by atoms with Crippen molar-refractivity contribution in [2.45, 2.75) is 31.8 Å². The van der Waals surface area contributed by atoms with Gasteiger partial charge in [-0.1, -0.05) is 31.2 Å². The predicted octanol–water partition coefficient (Wildman–Crippen LogP) is 2.79. The molecule has 0 aliphatic carbocycles. The summed E-state index contributed by atoms with van der Waals surface area (Å²) in [7, 11) is 1.64. The molecular formula is C23H25N3O3. The van der Waals surface area contributed by atoms with Crippen molar-refractivity contribution < 1.29 is 14.3 Å². The third-order valence-electron chi connectivity index (χ3n) is 6.47. The van der Waals surface area contributed by atoms with Crippen LogP contribution in [0.5, 0.6) is 5.75 Å². The quantitative estimate of drug-likeness (QED) is 0.751. The Kier molecular flexibility index (Phi) is 4.41. The summed E-state index contributed by atoms with van der Waals surface area (Å²) in [5.74, 6) is 0.196. The van der Waals surface area contributed by atoms with Crippen molar-refractivity contribution in [2.75, 3.05) is 25.1 Å². The summed E-state index contributed by atoms with van der Waals surface area (Å²) in [6, 6.07) is 15.1. The Hall–Kier alpha value is -2.70. The van der Waals surface area contributed by atoms with Gasteiger partial charge in [0.1, 0.15) is 11.8 Å². The van der Waals surface area contributed by atoms with E-state index in [4.69, 9.17) is 4.74 Å². The highest BCUT2D eigenvalue weighted by Gasteiger charge is 2.62. The summed E-state index contributed by atoms with van der Waals surface area (Å²) >= 11 is 0. The van der Waals surface area contributed by atoms with Crippen molar-refractivity contribution in [3.63, 3.8) is 0 Å². The van der Waals surface area contributed by atoms with Gasteiger partial charge in [0.15, 0.2) is 0 Å². The van der Waals surface area contributed by atoms with Crippen molar-refractivity contribution in [3.8, 4) is 5.75 Å². The van der Waals surface area contributed by atoms with Crippen molar-refractivity contribution in [1.82, 2.24) is 10.0 Å². The number of hydrazine groups is 1. The lowest BCUT2D eigenvalue weighted by molar-refractivity contribution is -0.126. The summed E-state index contributed by atoms with van der Waals surface area (Å²) in [4.78, 5) is 28.3. The second-order valence-electron chi connectivity index (χ2n) is 7.90. The number of anilines is 1. The smallest absolute Gasteiger partial charge is 0.253 e. The fourth-order valence-corrected chi connectivity index (χ4v) is 5.05. The molecule has 0 radical (unpaired) electrons. The van der Waals surface area contributed by atoms with E-state index in [0.717, 1.165) is 37.2 Å². The van der Waals surface area contributed by atoms with Crippen LogP contribution in [-0.4, -0.2) is 48.1 Å². The topological polar surface area (TPSA) is 53.1 Å². The van der Waals surface area contributed by atoms with Crippen LogP contribution in [0.15, 0.2) is 48.5 Å². The zero-order valence-corrected chi connectivity index (χ0v) is 16.7. The molecule has 5 rings (SSSR count). The Labute approximate surface area is 170 Å². The van der Waals surface area contributed by atoms with E-state index >= 15 is 0 Å². The lowest BCUT2D eigenvalue weighted by Gasteiger charge is -2.29. The van der Waals surface area contributed by atoms with Crippen molar-refractivity contribution >= 4 is 17.5 Å². The zero-order valence-electron chi connectivity index (χ0n) is 16.7. The average molecular weight is 391 g/mol. The van der Waals surface area contributed by atoms with E-state index in [1.54, 1.807) is 7.11 Å². The Morgan fingerprint density at radius 2 is 1.55 bits per heavy atom. The summed E-state index contributed by atoms with van der Waals surface area (Å²) in [5, 5.41) is 4.35. The number of imide groups is 1. The second kappa shape index (κ2) is 6.97. The number of ether oxygens (including phenoxy) is 1. The van der Waals surface area contributed by atoms with Gasteiger partial charge in [0, 0.05) is 13.1 Å². The van der Waals surface area contributed by atoms with E-state index in [1.807, 2.05) is 48.5 Å². The molecule has 3 heterocycles. The molecule has 3 atom stereocenters. The Morgan fingerprint density at radius 1 is 0.897 bits per heavy atom. The molecule has 3 aliphatic rings. The van der Waals surface area contributed by atoms with Gasteiger partial charge in [-0.15, -0.1) is 0 Å². The number of fused-ring (bicyclic) bond motifs is 3. The molecule has 3 saturated heterocycles. The van der Waals surface area contributed by atoms with Gasteiger partial charge in [-0.2, -0.15) is 0 Å². The monoisotopic (exact) mass is 391 g/mol. The van der Waals surface area contributed by atoms with Crippen molar-refractivity contribution in [1.29, 1.82) is 0 Å². The van der Waals surface area contributed by atoms with Gasteiger partial charge in [-0.25, -0.2) is 14.9 Å². The van der Waals surface area contributed by atoms with Crippen LogP contribution in [-0.2, 0) is 16.0 Å². The standard InChI is InChI=1S/C23H25N3O3/c1-3-15-5-9-17(10-6-15)26-22(27)19-20(16-7-11-18(29-2)12-8-16)24-13-4-14-25(24)21(19)23(26)28/h5-12,19-21H,3-4,13-14H2,1-2H3. The van der Waals surface area contributed by atoms with E-state index in [0.29, 0.717) is 5.69 Å². The van der Waals surface area contributed by atoms with Crippen LogP contribution in [0.1, 0.15) is 30.5 Å². The predicted molar refractivity (Wildman–Crippen MR) is 109 cm³/mol. The molecule has 29 heavy (non-hydrogen) atoms. The van der Waals surface area contributed by atoms with E-state index in [1.165, 1.54) is 10.5 Å². The molecule has 0 saturated carbocycles. The Morgan fingerprint density at radius 3 is 2.17 bits per heavy atom. The van der Waals surface area contributed by atoms with E-state index in [9.17, 15) is 9.59 Å². The normalized spacial score (nSPS) is 26.8. The van der Waals surface area contributed by atoms with Crippen LogP contribution in [0.25, 0.3) is 0 Å². The molecule has 3 aliphatic heterocycles. The molecular weight excluding hydrogens is 366 g/mol. The number of rotatable bonds is 4. The highest BCUT2D eigenvalue weighted by molar-refractivity contribution is 6.24. The van der Waals surface area contributed by atoms with Gasteiger partial charge in [0.25, 0.3) is 5.91 Å². The molecule has 2 aromatic carbocycles. The fourth-order valence-electron chi connectivity index (χ4n) is 5.05. The first-order chi connectivity index (χ1) is 14.1. The minimum absolute atomic E-state index is 0.0977. The number of hydrogen-bond acceptors (Lipinski definition) is 5. The lowest BCUT2D eigenvalue weighted by Crippen LogP contribution is -2.44. The number of hydrogen-bond donors (Lipinski definition) is 0. The van der Waals surface area contributed by atoms with Crippen LogP contribution in [0.2, 0.25) is 0 Å². The van der Waals surface area contributed by atoms with Gasteiger partial charge in [0.2, 0.25) is 5.91 Å². The number of carbonyl (C=O) groups is 2. The molecule has 0 N–H and O–H groups in total. The van der Waals surface area contributed by atoms with Crippen molar-refractivity contribution in [2.24, 2.45) is 5.92 Å². The number of nitrogens with zero attached hydrogens (tertiary/aromatic N) is 3. The number of amides is 2. The maximum Gasteiger partial charge on any atom is 0.253 e. The van der Waals surface area contributed by atoms with Crippen LogP contribution in [0.4, 0.5) is 5.69 Å². The van der Waals surface area contributed by atoms with Crippen LogP contribution in [0, 0.1) is 5.92 Å². The minimum Gasteiger partial charge on any atom is -0.497 e. The molecule has 3 fully saturated rings. The first-order valence-electron chi connectivity index (χ1n) is 10.3. The summed E-state index contributed by atoms with van der Waals surface area (Å²) in [6.07, 6.45) is 1.93. The number of aryl methyl sites for hydroxylation is 1. The number of benzene rings is 2. The van der Waals surface area contributed by atoms with Crippen LogP contribution >= 0.6 is 0 Å². The number of carbonyl (C=O) groups excluding carboxylic acids is 2. The average Bonchev–Trinajstić information content (AvgIpc) is 3.40. The minimum atomic E-state index is -0.414. The molecule has 3 unspecified atom stereocenters. The number of methoxy groups -OCH3 is 1. The van der Waals surface area contributed by atoms with Gasteiger partial charge >= 0.3 is 0 Å². The summed E-state index contributed by atoms with van der Waals surface area (Å²) in [6.45, 7) is 3.78. The van der Waals surface area contributed by atoms with Crippen LogP contribution < -0.4 is 9.64 Å². The third-order valence-corrected chi connectivity index (χ3v) is 6.47. The highest BCUT2D eigenvalue weighted by atomic mass is 16.5. The Bertz CT molecular complexity index is 941. The third kappa shape index (κ3) is 2.70. The van der Waals surface area contributed by atoms with Gasteiger partial charge < -0.3 is 4.74 Å². The molecule has 0 bridgehead atoms. The second-order valence-corrected chi connectivity index (χ2v) is 7.90. The van der Waals surface area contributed by atoms with Crippen molar-refractivity contribution in [3.05, 3.63) is 59.7 Å². The van der Waals surface area contributed by atoms with E-state index in [-0.39, 0.29) is 23.8 Å². The highest BCUT2D eigenvalue weighted by Crippen LogP contribution is 2.49. The Balaban J connectivity index is 1.53. The molecule has 6 heteroatoms. The van der Waals surface area contributed by atoms with Gasteiger partial charge in [-0.05, 0) is 48.2 Å². The first kappa shape index (κ1) is 18.3.